The van der Waals surface area contributed by atoms with Crippen LogP contribution in [0.25, 0.3) is 10.6 Å². The van der Waals surface area contributed by atoms with Gasteiger partial charge in [-0.25, -0.2) is 4.98 Å². The molecule has 0 aliphatic heterocycles. The molecule has 84 valence electrons. The van der Waals surface area contributed by atoms with Gasteiger partial charge in [-0.1, -0.05) is 0 Å². The van der Waals surface area contributed by atoms with Gasteiger partial charge in [-0.3, -0.25) is 0 Å². The average molecular weight is 253 g/mol. The zero-order chi connectivity index (χ0) is 11.5. The van der Waals surface area contributed by atoms with E-state index in [4.69, 9.17) is 9.47 Å². The van der Waals surface area contributed by atoms with E-state index < -0.39 is 0 Å². The van der Waals surface area contributed by atoms with Crippen molar-refractivity contribution in [3.63, 3.8) is 0 Å². The van der Waals surface area contributed by atoms with E-state index in [0.29, 0.717) is 0 Å². The predicted octanol–water partition coefficient (Wildman–Crippen LogP) is 3.12. The second kappa shape index (κ2) is 4.76. The predicted molar refractivity (Wildman–Crippen MR) is 67.9 cm³/mol. The van der Waals surface area contributed by atoms with Gasteiger partial charge in [0.2, 0.25) is 0 Å². The number of benzene rings is 1. The van der Waals surface area contributed by atoms with Crippen LogP contribution in [-0.4, -0.2) is 19.2 Å². The van der Waals surface area contributed by atoms with Crippen molar-refractivity contribution in [1.82, 2.24) is 4.98 Å². The van der Waals surface area contributed by atoms with Crippen molar-refractivity contribution in [2.45, 2.75) is 5.03 Å². The Kier molecular flexibility index (Phi) is 3.36. The highest BCUT2D eigenvalue weighted by Gasteiger charge is 2.10. The minimum Gasteiger partial charge on any atom is -0.497 e. The number of methoxy groups -OCH3 is 2. The third kappa shape index (κ3) is 2.15. The Balaban J connectivity index is 2.48. The van der Waals surface area contributed by atoms with Crippen LogP contribution in [-0.2, 0) is 0 Å². The number of thiol groups is 1. The zero-order valence-corrected chi connectivity index (χ0v) is 10.6. The molecule has 0 aliphatic carbocycles. The monoisotopic (exact) mass is 253 g/mol. The summed E-state index contributed by atoms with van der Waals surface area (Å²) < 4.78 is 10.5. The molecular weight excluding hydrogens is 242 g/mol. The molecule has 0 radical (unpaired) electrons. The number of thiazole rings is 1. The van der Waals surface area contributed by atoms with Crippen molar-refractivity contribution in [3.05, 3.63) is 23.6 Å². The topological polar surface area (TPSA) is 31.4 Å². The van der Waals surface area contributed by atoms with Crippen molar-refractivity contribution in [3.8, 4) is 22.1 Å². The molecule has 0 saturated heterocycles. The molecule has 0 aliphatic rings. The van der Waals surface area contributed by atoms with Crippen LogP contribution < -0.4 is 9.47 Å². The quantitative estimate of drug-likeness (QED) is 0.853. The fraction of sp³-hybridized carbons (Fsp3) is 0.182. The summed E-state index contributed by atoms with van der Waals surface area (Å²) >= 11 is 5.73. The third-order valence-corrected chi connectivity index (χ3v) is 3.41. The fourth-order valence-electron chi connectivity index (χ4n) is 1.36. The lowest BCUT2D eigenvalue weighted by Crippen LogP contribution is -1.90. The van der Waals surface area contributed by atoms with Crippen LogP contribution in [0.4, 0.5) is 0 Å². The Labute approximate surface area is 103 Å². The maximum absolute atomic E-state index is 5.31. The molecule has 1 heterocycles. The lowest BCUT2D eigenvalue weighted by atomic mass is 10.2. The Bertz CT molecular complexity index is 496. The molecule has 0 atom stereocenters. The molecule has 2 rings (SSSR count). The summed E-state index contributed by atoms with van der Waals surface area (Å²) in [6.45, 7) is 0. The van der Waals surface area contributed by atoms with Crippen molar-refractivity contribution < 1.29 is 9.47 Å². The van der Waals surface area contributed by atoms with Gasteiger partial charge in [0.25, 0.3) is 0 Å². The van der Waals surface area contributed by atoms with E-state index in [1.165, 1.54) is 11.3 Å². The van der Waals surface area contributed by atoms with Crippen LogP contribution in [0.2, 0.25) is 0 Å². The van der Waals surface area contributed by atoms with E-state index in [2.05, 4.69) is 17.6 Å². The minimum absolute atomic E-state index is 0.720. The first-order valence-electron chi connectivity index (χ1n) is 4.61. The van der Waals surface area contributed by atoms with Crippen LogP contribution in [0.1, 0.15) is 0 Å². The van der Waals surface area contributed by atoms with Crippen LogP contribution in [0.15, 0.2) is 28.6 Å². The number of hydrogen-bond acceptors (Lipinski definition) is 5. The Hall–Kier alpha value is -1.20. The molecule has 0 unspecified atom stereocenters. The molecule has 0 amide bonds. The van der Waals surface area contributed by atoms with Gasteiger partial charge in [0.15, 0.2) is 0 Å². The van der Waals surface area contributed by atoms with E-state index in [1.807, 2.05) is 23.6 Å². The molecule has 0 spiro atoms. The van der Waals surface area contributed by atoms with E-state index in [1.54, 1.807) is 14.2 Å². The van der Waals surface area contributed by atoms with Crippen molar-refractivity contribution in [2.24, 2.45) is 0 Å². The number of rotatable bonds is 3. The molecule has 2 aromatic rings. The average Bonchev–Trinajstić information content (AvgIpc) is 2.74. The third-order valence-electron chi connectivity index (χ3n) is 2.13. The molecule has 0 N–H and O–H groups in total. The normalized spacial score (nSPS) is 10.2. The fourth-order valence-corrected chi connectivity index (χ4v) is 2.41. The SMILES string of the molecule is COc1ccc(-c2nc(S)cs2)c(OC)c1. The first-order valence-corrected chi connectivity index (χ1v) is 5.94. The van der Waals surface area contributed by atoms with Crippen molar-refractivity contribution >= 4 is 24.0 Å². The first-order chi connectivity index (χ1) is 7.74. The zero-order valence-electron chi connectivity index (χ0n) is 8.93. The van der Waals surface area contributed by atoms with Gasteiger partial charge in [-0.2, -0.15) is 0 Å². The van der Waals surface area contributed by atoms with E-state index in [9.17, 15) is 0 Å². The number of aromatic nitrogens is 1. The maximum atomic E-state index is 5.31. The van der Waals surface area contributed by atoms with Crippen molar-refractivity contribution in [1.29, 1.82) is 0 Å². The summed E-state index contributed by atoms with van der Waals surface area (Å²) in [5.41, 5.74) is 0.952. The number of nitrogens with zero attached hydrogens (tertiary/aromatic N) is 1. The summed E-state index contributed by atoms with van der Waals surface area (Å²) in [7, 11) is 3.26. The number of ether oxygens (including phenoxy) is 2. The van der Waals surface area contributed by atoms with E-state index >= 15 is 0 Å². The van der Waals surface area contributed by atoms with Gasteiger partial charge in [-0.15, -0.1) is 24.0 Å². The number of hydrogen-bond donors (Lipinski definition) is 1. The summed E-state index contributed by atoms with van der Waals surface area (Å²) in [5, 5.41) is 3.50. The molecule has 3 nitrogen and oxygen atoms in total. The molecule has 0 bridgehead atoms. The highest BCUT2D eigenvalue weighted by molar-refractivity contribution is 7.80. The van der Waals surface area contributed by atoms with Gasteiger partial charge in [0, 0.05) is 11.4 Å². The van der Waals surface area contributed by atoms with Gasteiger partial charge in [0.1, 0.15) is 21.5 Å². The summed E-state index contributed by atoms with van der Waals surface area (Å²) in [5.74, 6) is 1.52. The van der Waals surface area contributed by atoms with Crippen molar-refractivity contribution in [2.75, 3.05) is 14.2 Å². The standard InChI is InChI=1S/C11H11NO2S2/c1-13-7-3-4-8(9(5-7)14-2)11-12-10(15)6-16-11/h3-6,15H,1-2H3. The van der Waals surface area contributed by atoms with E-state index in [0.717, 1.165) is 27.1 Å². The first kappa shape index (κ1) is 11.3. The Morgan fingerprint density at radius 1 is 1.25 bits per heavy atom. The largest absolute Gasteiger partial charge is 0.497 e. The van der Waals surface area contributed by atoms with Crippen LogP contribution >= 0.6 is 24.0 Å². The summed E-state index contributed by atoms with van der Waals surface area (Å²) in [6, 6.07) is 5.66. The van der Waals surface area contributed by atoms with Gasteiger partial charge >= 0.3 is 0 Å². The van der Waals surface area contributed by atoms with Crippen LogP contribution in [0.3, 0.4) is 0 Å². The van der Waals surface area contributed by atoms with Gasteiger partial charge in [-0.05, 0) is 12.1 Å². The Morgan fingerprint density at radius 2 is 2.06 bits per heavy atom. The second-order valence-electron chi connectivity index (χ2n) is 3.08. The molecule has 16 heavy (non-hydrogen) atoms. The van der Waals surface area contributed by atoms with Crippen LogP contribution in [0, 0.1) is 0 Å². The molecule has 1 aromatic carbocycles. The lowest BCUT2D eigenvalue weighted by molar-refractivity contribution is 0.395. The molecule has 0 fully saturated rings. The lowest BCUT2D eigenvalue weighted by Gasteiger charge is -2.07. The smallest absolute Gasteiger partial charge is 0.132 e. The van der Waals surface area contributed by atoms with Gasteiger partial charge < -0.3 is 9.47 Å². The molecule has 0 saturated carbocycles. The van der Waals surface area contributed by atoms with Gasteiger partial charge in [0.05, 0.1) is 19.8 Å². The Morgan fingerprint density at radius 3 is 2.62 bits per heavy atom. The second-order valence-corrected chi connectivity index (χ2v) is 4.39. The summed E-state index contributed by atoms with van der Waals surface area (Å²) in [6.07, 6.45) is 0. The summed E-state index contributed by atoms with van der Waals surface area (Å²) in [4.78, 5) is 4.31. The molecule has 1 aromatic heterocycles. The van der Waals surface area contributed by atoms with E-state index in [-0.39, 0.29) is 0 Å². The maximum Gasteiger partial charge on any atom is 0.132 e. The molecular formula is C11H11NO2S2. The highest BCUT2D eigenvalue weighted by Crippen LogP contribution is 2.35. The highest BCUT2D eigenvalue weighted by atomic mass is 32.1. The minimum atomic E-state index is 0.720. The molecule has 5 heteroatoms. The van der Waals surface area contributed by atoms with Crippen LogP contribution in [0.5, 0.6) is 11.5 Å².